The molecule has 0 unspecified atom stereocenters. The molecule has 0 aliphatic carbocycles. The second-order valence-electron chi connectivity index (χ2n) is 4.66. The van der Waals surface area contributed by atoms with E-state index in [9.17, 15) is 13.6 Å². The van der Waals surface area contributed by atoms with Crippen molar-refractivity contribution < 1.29 is 18.7 Å². The molecule has 6 heteroatoms. The zero-order valence-electron chi connectivity index (χ0n) is 10.7. The van der Waals surface area contributed by atoms with Gasteiger partial charge in [-0.05, 0) is 24.1 Å². The van der Waals surface area contributed by atoms with Crippen molar-refractivity contribution in [1.82, 2.24) is 4.90 Å². The number of hydrogen-bond donors (Lipinski definition) is 1. The molecule has 1 amide bonds. The van der Waals surface area contributed by atoms with Crippen molar-refractivity contribution in [3.63, 3.8) is 0 Å². The van der Waals surface area contributed by atoms with E-state index in [4.69, 9.17) is 5.11 Å². The van der Waals surface area contributed by atoms with E-state index in [0.717, 1.165) is 12.1 Å². The number of nitrogens with zero attached hydrogens (tertiary/aromatic N) is 2. The van der Waals surface area contributed by atoms with Crippen LogP contribution in [0.25, 0.3) is 0 Å². The molecule has 2 rings (SSSR count). The predicted octanol–water partition coefficient (Wildman–Crippen LogP) is 1.13. The molecule has 1 heterocycles. The van der Waals surface area contributed by atoms with Gasteiger partial charge in [0.1, 0.15) is 17.3 Å². The van der Waals surface area contributed by atoms with E-state index in [-0.39, 0.29) is 23.7 Å². The lowest BCUT2D eigenvalue weighted by atomic mass is 10.1. The number of carbonyl (C=O) groups excluding carboxylic acids is 1. The first-order valence-corrected chi connectivity index (χ1v) is 6.10. The van der Waals surface area contributed by atoms with Crippen molar-refractivity contribution in [2.75, 3.05) is 31.6 Å². The van der Waals surface area contributed by atoms with Crippen molar-refractivity contribution in [1.29, 1.82) is 0 Å². The molecule has 1 fully saturated rings. The van der Waals surface area contributed by atoms with Crippen molar-refractivity contribution in [3.05, 3.63) is 29.3 Å². The standard InChI is InChI=1S/C13H16F2N2O2/c1-16-3-2-4-17(7-12(16)19)13-10(14)5-9(8-18)6-11(13)15/h5-6,18H,2-4,7-8H2,1H3. The number of aliphatic hydroxyl groups is 1. The molecular weight excluding hydrogens is 254 g/mol. The average molecular weight is 270 g/mol. The monoisotopic (exact) mass is 270 g/mol. The number of anilines is 1. The fourth-order valence-electron chi connectivity index (χ4n) is 2.19. The van der Waals surface area contributed by atoms with E-state index >= 15 is 0 Å². The molecule has 0 aromatic heterocycles. The van der Waals surface area contributed by atoms with Crippen LogP contribution >= 0.6 is 0 Å². The van der Waals surface area contributed by atoms with E-state index in [2.05, 4.69) is 0 Å². The summed E-state index contributed by atoms with van der Waals surface area (Å²) >= 11 is 0. The minimum absolute atomic E-state index is 0.0389. The Balaban J connectivity index is 2.33. The lowest BCUT2D eigenvalue weighted by molar-refractivity contribution is -0.127. The van der Waals surface area contributed by atoms with Crippen molar-refractivity contribution >= 4 is 11.6 Å². The normalized spacial score (nSPS) is 16.7. The molecule has 0 radical (unpaired) electrons. The molecule has 1 aromatic rings. The Hall–Kier alpha value is -1.69. The van der Waals surface area contributed by atoms with Crippen LogP contribution in [0.15, 0.2) is 12.1 Å². The zero-order valence-corrected chi connectivity index (χ0v) is 10.7. The first kappa shape index (κ1) is 13.7. The highest BCUT2D eigenvalue weighted by atomic mass is 19.1. The summed E-state index contributed by atoms with van der Waals surface area (Å²) < 4.78 is 27.8. The fraction of sp³-hybridized carbons (Fsp3) is 0.462. The highest BCUT2D eigenvalue weighted by Crippen LogP contribution is 2.26. The van der Waals surface area contributed by atoms with Crippen LogP contribution in [0.4, 0.5) is 14.5 Å². The van der Waals surface area contributed by atoms with Gasteiger partial charge in [-0.3, -0.25) is 4.79 Å². The third kappa shape index (κ3) is 2.84. The summed E-state index contributed by atoms with van der Waals surface area (Å²) in [7, 11) is 1.67. The number of benzene rings is 1. The van der Waals surface area contributed by atoms with Crippen LogP contribution in [0.1, 0.15) is 12.0 Å². The van der Waals surface area contributed by atoms with E-state index in [1.807, 2.05) is 0 Å². The average Bonchev–Trinajstić information content (AvgIpc) is 2.51. The van der Waals surface area contributed by atoms with Crippen LogP contribution in [0.5, 0.6) is 0 Å². The van der Waals surface area contributed by atoms with E-state index in [1.165, 1.54) is 4.90 Å². The largest absolute Gasteiger partial charge is 0.392 e. The van der Waals surface area contributed by atoms with Crippen LogP contribution in [0.3, 0.4) is 0 Å². The highest BCUT2D eigenvalue weighted by Gasteiger charge is 2.24. The van der Waals surface area contributed by atoms with Crippen LogP contribution in [-0.4, -0.2) is 42.6 Å². The topological polar surface area (TPSA) is 43.8 Å². The van der Waals surface area contributed by atoms with Gasteiger partial charge in [-0.25, -0.2) is 8.78 Å². The van der Waals surface area contributed by atoms with E-state index in [0.29, 0.717) is 19.5 Å². The van der Waals surface area contributed by atoms with Gasteiger partial charge in [0.05, 0.1) is 13.2 Å². The number of amides is 1. The molecular formula is C13H16F2N2O2. The van der Waals surface area contributed by atoms with Gasteiger partial charge in [-0.15, -0.1) is 0 Å². The molecule has 1 aromatic carbocycles. The molecule has 1 saturated heterocycles. The van der Waals surface area contributed by atoms with Gasteiger partial charge in [0.25, 0.3) is 0 Å². The molecule has 1 aliphatic heterocycles. The SMILES string of the molecule is CN1CCCN(c2c(F)cc(CO)cc2F)CC1=O. The summed E-state index contributed by atoms with van der Waals surface area (Å²) in [5.41, 5.74) is -0.0159. The van der Waals surface area contributed by atoms with Gasteiger partial charge < -0.3 is 14.9 Å². The fourth-order valence-corrected chi connectivity index (χ4v) is 2.19. The Bertz CT molecular complexity index is 471. The molecule has 19 heavy (non-hydrogen) atoms. The third-order valence-corrected chi connectivity index (χ3v) is 3.25. The maximum absolute atomic E-state index is 13.9. The Morgan fingerprint density at radius 2 is 1.89 bits per heavy atom. The van der Waals surface area contributed by atoms with Crippen LogP contribution in [-0.2, 0) is 11.4 Å². The smallest absolute Gasteiger partial charge is 0.241 e. The summed E-state index contributed by atoms with van der Waals surface area (Å²) in [6.45, 7) is 0.536. The molecule has 0 saturated carbocycles. The van der Waals surface area contributed by atoms with Gasteiger partial charge in [-0.2, -0.15) is 0 Å². The maximum Gasteiger partial charge on any atom is 0.241 e. The Morgan fingerprint density at radius 3 is 2.47 bits per heavy atom. The number of rotatable bonds is 2. The summed E-state index contributed by atoms with van der Waals surface area (Å²) in [6.07, 6.45) is 0.656. The molecule has 1 aliphatic rings. The number of halogens is 2. The minimum Gasteiger partial charge on any atom is -0.392 e. The van der Waals surface area contributed by atoms with Gasteiger partial charge in [0, 0.05) is 20.1 Å². The molecule has 0 bridgehead atoms. The first-order valence-electron chi connectivity index (χ1n) is 6.10. The lowest BCUT2D eigenvalue weighted by Crippen LogP contribution is -2.35. The summed E-state index contributed by atoms with van der Waals surface area (Å²) in [4.78, 5) is 14.7. The predicted molar refractivity (Wildman–Crippen MR) is 66.7 cm³/mol. The number of carbonyl (C=O) groups is 1. The quantitative estimate of drug-likeness (QED) is 0.876. The zero-order chi connectivity index (χ0) is 14.0. The van der Waals surface area contributed by atoms with Gasteiger partial charge in [0.2, 0.25) is 5.91 Å². The summed E-state index contributed by atoms with van der Waals surface area (Å²) in [5.74, 6) is -1.66. The Labute approximate surface area is 110 Å². The molecule has 104 valence electrons. The van der Waals surface area contributed by atoms with Crippen molar-refractivity contribution in [2.45, 2.75) is 13.0 Å². The van der Waals surface area contributed by atoms with Crippen molar-refractivity contribution in [2.24, 2.45) is 0 Å². The van der Waals surface area contributed by atoms with E-state index < -0.39 is 18.2 Å². The first-order chi connectivity index (χ1) is 9.02. The summed E-state index contributed by atoms with van der Waals surface area (Å²) in [5, 5.41) is 8.90. The second kappa shape index (κ2) is 5.52. The molecule has 1 N–H and O–H groups in total. The minimum atomic E-state index is -0.749. The number of aliphatic hydroxyl groups excluding tert-OH is 1. The van der Waals surface area contributed by atoms with Crippen LogP contribution in [0, 0.1) is 11.6 Å². The van der Waals surface area contributed by atoms with Gasteiger partial charge in [0.15, 0.2) is 0 Å². The Morgan fingerprint density at radius 1 is 1.26 bits per heavy atom. The second-order valence-corrected chi connectivity index (χ2v) is 4.66. The molecule has 4 nitrogen and oxygen atoms in total. The highest BCUT2D eigenvalue weighted by molar-refractivity contribution is 5.81. The molecule has 0 atom stereocenters. The summed E-state index contributed by atoms with van der Waals surface area (Å²) in [6, 6.07) is 2.19. The van der Waals surface area contributed by atoms with Gasteiger partial charge in [-0.1, -0.05) is 0 Å². The van der Waals surface area contributed by atoms with Crippen LogP contribution < -0.4 is 4.90 Å². The van der Waals surface area contributed by atoms with Crippen LogP contribution in [0.2, 0.25) is 0 Å². The Kier molecular flexibility index (Phi) is 3.99. The lowest BCUT2D eigenvalue weighted by Gasteiger charge is -2.23. The number of hydrogen-bond acceptors (Lipinski definition) is 3. The maximum atomic E-state index is 13.9. The van der Waals surface area contributed by atoms with Crippen molar-refractivity contribution in [3.8, 4) is 0 Å². The number of likely N-dealkylation sites (N-methyl/N-ethyl adjacent to an activating group) is 1. The third-order valence-electron chi connectivity index (χ3n) is 3.25. The van der Waals surface area contributed by atoms with Gasteiger partial charge >= 0.3 is 0 Å². The van der Waals surface area contributed by atoms with E-state index in [1.54, 1.807) is 11.9 Å². The molecule has 0 spiro atoms.